The minimum Gasteiger partial charge on any atom is -0.378 e. The van der Waals surface area contributed by atoms with E-state index < -0.39 is 0 Å². The molecule has 2 heterocycles. The van der Waals surface area contributed by atoms with Gasteiger partial charge in [0.25, 0.3) is 0 Å². The molecule has 2 fully saturated rings. The predicted octanol–water partition coefficient (Wildman–Crippen LogP) is 3.02. The molecule has 0 aromatic carbocycles. The molecule has 1 aromatic heterocycles. The molecule has 3 rings (SSSR count). The molecule has 1 aliphatic carbocycles. The molecule has 0 amide bonds. The molecule has 2 unspecified atom stereocenters. The van der Waals surface area contributed by atoms with Crippen molar-refractivity contribution in [1.82, 2.24) is 10.3 Å². The van der Waals surface area contributed by atoms with Crippen LogP contribution in [-0.2, 0) is 17.9 Å². The van der Waals surface area contributed by atoms with Crippen molar-refractivity contribution < 1.29 is 4.74 Å². The Hall–Kier alpha value is -0.650. The van der Waals surface area contributed by atoms with Gasteiger partial charge in [-0.1, -0.05) is 13.8 Å². The second-order valence-electron chi connectivity index (χ2n) is 6.81. The summed E-state index contributed by atoms with van der Waals surface area (Å²) in [6, 6.07) is 0.737. The van der Waals surface area contributed by atoms with Crippen LogP contribution in [0.15, 0.2) is 0 Å². The van der Waals surface area contributed by atoms with Gasteiger partial charge in [-0.3, -0.25) is 0 Å². The third-order valence-corrected chi connectivity index (χ3v) is 5.47. The third-order valence-electron chi connectivity index (χ3n) is 4.32. The van der Waals surface area contributed by atoms with Gasteiger partial charge < -0.3 is 15.0 Å². The Morgan fingerprint density at radius 1 is 1.29 bits per heavy atom. The number of nitrogens with zero attached hydrogens (tertiary/aromatic N) is 2. The summed E-state index contributed by atoms with van der Waals surface area (Å²) in [5.41, 5.74) is 1.12. The monoisotopic (exact) mass is 309 g/mol. The van der Waals surface area contributed by atoms with Crippen LogP contribution in [0.25, 0.3) is 0 Å². The van der Waals surface area contributed by atoms with Gasteiger partial charge in [0, 0.05) is 37.7 Å². The van der Waals surface area contributed by atoms with Gasteiger partial charge in [-0.2, -0.15) is 0 Å². The molecule has 1 saturated heterocycles. The highest BCUT2D eigenvalue weighted by Crippen LogP contribution is 2.32. The molecule has 5 heteroatoms. The van der Waals surface area contributed by atoms with E-state index >= 15 is 0 Å². The van der Waals surface area contributed by atoms with Crippen LogP contribution >= 0.6 is 11.3 Å². The molecule has 0 spiro atoms. The molecule has 2 aliphatic rings. The summed E-state index contributed by atoms with van der Waals surface area (Å²) in [4.78, 5) is 8.70. The van der Waals surface area contributed by atoms with Gasteiger partial charge in [0.15, 0.2) is 5.13 Å². The van der Waals surface area contributed by atoms with E-state index in [1.165, 1.54) is 29.3 Å². The van der Waals surface area contributed by atoms with Crippen molar-refractivity contribution in [1.29, 1.82) is 0 Å². The first kappa shape index (κ1) is 15.3. The van der Waals surface area contributed by atoms with Crippen LogP contribution in [0, 0.1) is 11.8 Å². The van der Waals surface area contributed by atoms with Crippen molar-refractivity contribution in [2.45, 2.75) is 52.3 Å². The largest absolute Gasteiger partial charge is 0.378 e. The van der Waals surface area contributed by atoms with Crippen molar-refractivity contribution in [3.63, 3.8) is 0 Å². The van der Waals surface area contributed by atoms with E-state index in [-0.39, 0.29) is 0 Å². The van der Waals surface area contributed by atoms with Crippen LogP contribution in [0.3, 0.4) is 0 Å². The molecular formula is C16H27N3OS. The lowest BCUT2D eigenvalue weighted by Crippen LogP contribution is -2.38. The topological polar surface area (TPSA) is 37.4 Å². The summed E-state index contributed by atoms with van der Waals surface area (Å²) in [5, 5.41) is 4.79. The highest BCUT2D eigenvalue weighted by Gasteiger charge is 2.26. The van der Waals surface area contributed by atoms with Crippen LogP contribution in [0.1, 0.15) is 43.7 Å². The number of rotatable bonds is 6. The average molecular weight is 309 g/mol. The van der Waals surface area contributed by atoms with Gasteiger partial charge in [0.2, 0.25) is 0 Å². The molecule has 0 bridgehead atoms. The Kier molecular flexibility index (Phi) is 4.82. The van der Waals surface area contributed by atoms with Gasteiger partial charge in [-0.25, -0.2) is 4.98 Å². The third kappa shape index (κ3) is 3.96. The summed E-state index contributed by atoms with van der Waals surface area (Å²) in [5.74, 6) is 1.52. The second kappa shape index (κ2) is 6.63. The second-order valence-corrected chi connectivity index (χ2v) is 7.87. The predicted molar refractivity (Wildman–Crippen MR) is 87.8 cm³/mol. The molecule has 1 N–H and O–H groups in total. The quantitative estimate of drug-likeness (QED) is 0.876. The van der Waals surface area contributed by atoms with Crippen molar-refractivity contribution >= 4 is 16.5 Å². The van der Waals surface area contributed by atoms with Gasteiger partial charge in [0.1, 0.15) is 0 Å². The van der Waals surface area contributed by atoms with Crippen LogP contribution in [-0.4, -0.2) is 31.2 Å². The van der Waals surface area contributed by atoms with E-state index in [9.17, 15) is 0 Å². The molecule has 1 aromatic rings. The lowest BCUT2D eigenvalue weighted by Gasteiger charge is -2.34. The van der Waals surface area contributed by atoms with Crippen molar-refractivity contribution in [2.24, 2.45) is 11.8 Å². The van der Waals surface area contributed by atoms with Crippen LogP contribution in [0.5, 0.6) is 0 Å². The normalized spacial score (nSPS) is 26.3. The summed E-state index contributed by atoms with van der Waals surface area (Å²) < 4.78 is 5.33. The van der Waals surface area contributed by atoms with Gasteiger partial charge in [0.05, 0.1) is 12.3 Å². The first-order valence-corrected chi connectivity index (χ1v) is 8.93. The maximum Gasteiger partial charge on any atom is 0.185 e. The SMILES string of the molecule is COCc1nc(N2CC(C)CC(C)C2)sc1CNC1CC1. The number of methoxy groups -OCH3 is 1. The van der Waals surface area contributed by atoms with Crippen molar-refractivity contribution in [3.8, 4) is 0 Å². The summed E-state index contributed by atoms with van der Waals surface area (Å²) in [6.07, 6.45) is 3.99. The minimum absolute atomic E-state index is 0.622. The van der Waals surface area contributed by atoms with Crippen molar-refractivity contribution in [3.05, 3.63) is 10.6 Å². The fraction of sp³-hybridized carbons (Fsp3) is 0.812. The van der Waals surface area contributed by atoms with Crippen LogP contribution < -0.4 is 10.2 Å². The van der Waals surface area contributed by atoms with Crippen LogP contribution in [0.2, 0.25) is 0 Å². The molecule has 21 heavy (non-hydrogen) atoms. The van der Waals surface area contributed by atoms with E-state index in [4.69, 9.17) is 9.72 Å². The molecule has 2 atom stereocenters. The Balaban J connectivity index is 1.72. The molecule has 1 saturated carbocycles. The van der Waals surface area contributed by atoms with Gasteiger partial charge in [-0.05, 0) is 31.1 Å². The number of thiazole rings is 1. The molecule has 1 aliphatic heterocycles. The number of anilines is 1. The number of ether oxygens (including phenoxy) is 1. The van der Waals surface area contributed by atoms with Crippen LogP contribution in [0.4, 0.5) is 5.13 Å². The van der Waals surface area contributed by atoms with E-state index in [1.807, 2.05) is 11.3 Å². The molecule has 0 radical (unpaired) electrons. The number of nitrogens with one attached hydrogen (secondary N) is 1. The smallest absolute Gasteiger partial charge is 0.185 e. The number of hydrogen-bond acceptors (Lipinski definition) is 5. The zero-order valence-electron chi connectivity index (χ0n) is 13.4. The van der Waals surface area contributed by atoms with Crippen molar-refractivity contribution in [2.75, 3.05) is 25.1 Å². The first-order chi connectivity index (χ1) is 10.2. The number of piperidine rings is 1. The van der Waals surface area contributed by atoms with E-state index in [2.05, 4.69) is 24.1 Å². The Labute approximate surface area is 131 Å². The number of aromatic nitrogens is 1. The average Bonchev–Trinajstić information content (AvgIpc) is 3.17. The maximum absolute atomic E-state index is 5.33. The fourth-order valence-corrected chi connectivity index (χ4v) is 4.27. The minimum atomic E-state index is 0.622. The van der Waals surface area contributed by atoms with E-state index in [1.54, 1.807) is 7.11 Å². The number of hydrogen-bond donors (Lipinski definition) is 1. The Bertz CT molecular complexity index is 462. The summed E-state index contributed by atoms with van der Waals surface area (Å²) in [7, 11) is 1.75. The zero-order chi connectivity index (χ0) is 14.8. The summed E-state index contributed by atoms with van der Waals surface area (Å²) >= 11 is 1.85. The Morgan fingerprint density at radius 3 is 2.62 bits per heavy atom. The first-order valence-electron chi connectivity index (χ1n) is 8.11. The van der Waals surface area contributed by atoms with E-state index in [0.29, 0.717) is 6.61 Å². The van der Waals surface area contributed by atoms with Gasteiger partial charge >= 0.3 is 0 Å². The van der Waals surface area contributed by atoms with Gasteiger partial charge in [-0.15, -0.1) is 11.3 Å². The fourth-order valence-electron chi connectivity index (χ4n) is 3.24. The summed E-state index contributed by atoms with van der Waals surface area (Å²) in [6.45, 7) is 8.54. The zero-order valence-corrected chi connectivity index (χ0v) is 14.2. The lowest BCUT2D eigenvalue weighted by molar-refractivity contribution is 0.181. The standard InChI is InChI=1S/C16H27N3OS/c1-11-6-12(2)9-19(8-11)16-18-14(10-20-3)15(21-16)7-17-13-4-5-13/h11-13,17H,4-10H2,1-3H3. The molecule has 118 valence electrons. The molecule has 4 nitrogen and oxygen atoms in total. The highest BCUT2D eigenvalue weighted by atomic mass is 32.1. The van der Waals surface area contributed by atoms with E-state index in [0.717, 1.165) is 43.2 Å². The maximum atomic E-state index is 5.33. The highest BCUT2D eigenvalue weighted by molar-refractivity contribution is 7.15. The lowest BCUT2D eigenvalue weighted by atomic mass is 9.92. The Morgan fingerprint density at radius 2 is 2.00 bits per heavy atom. The molecular weight excluding hydrogens is 282 g/mol.